The van der Waals surface area contributed by atoms with Crippen LogP contribution in [0, 0.1) is 11.3 Å². The maximum Gasteiger partial charge on any atom is 0.256 e. The molecular formula is C23H22N8O. The maximum atomic E-state index is 12.6. The van der Waals surface area contributed by atoms with Gasteiger partial charge >= 0.3 is 0 Å². The Morgan fingerprint density at radius 2 is 1.91 bits per heavy atom. The molecule has 0 unspecified atom stereocenters. The molecule has 3 aromatic heterocycles. The smallest absolute Gasteiger partial charge is 0.256 e. The molecule has 4 aromatic rings. The van der Waals surface area contributed by atoms with E-state index in [9.17, 15) is 4.79 Å². The van der Waals surface area contributed by atoms with Crippen molar-refractivity contribution in [2.24, 2.45) is 0 Å². The Kier molecular flexibility index (Phi) is 5.68. The second kappa shape index (κ2) is 8.73. The van der Waals surface area contributed by atoms with Gasteiger partial charge in [-0.2, -0.15) is 5.26 Å². The molecule has 0 fully saturated rings. The monoisotopic (exact) mass is 426 g/mol. The Balaban J connectivity index is 1.67. The van der Waals surface area contributed by atoms with Crippen LogP contribution in [0.15, 0.2) is 55.0 Å². The Hall–Kier alpha value is -4.45. The minimum absolute atomic E-state index is 0.320. The lowest BCUT2D eigenvalue weighted by atomic mass is 10.1. The SMILES string of the molecule is CCN(CC)c1nc(-c2ccc(C(=O)Nc3cc(C#N)ccn3)cc2)c2c(N)nccn12. The van der Waals surface area contributed by atoms with Crippen molar-refractivity contribution in [1.29, 1.82) is 5.26 Å². The molecular weight excluding hydrogens is 404 g/mol. The zero-order valence-corrected chi connectivity index (χ0v) is 17.8. The molecule has 0 saturated carbocycles. The number of pyridine rings is 1. The van der Waals surface area contributed by atoms with Crippen LogP contribution in [0.1, 0.15) is 29.8 Å². The van der Waals surface area contributed by atoms with Crippen molar-refractivity contribution in [3.63, 3.8) is 0 Å². The summed E-state index contributed by atoms with van der Waals surface area (Å²) in [5.74, 6) is 1.18. The fourth-order valence-corrected chi connectivity index (χ4v) is 3.52. The van der Waals surface area contributed by atoms with Crippen LogP contribution in [0.2, 0.25) is 0 Å². The van der Waals surface area contributed by atoms with Gasteiger partial charge in [0.1, 0.15) is 22.8 Å². The largest absolute Gasteiger partial charge is 0.382 e. The fourth-order valence-electron chi connectivity index (χ4n) is 3.52. The molecule has 0 saturated heterocycles. The maximum absolute atomic E-state index is 12.6. The number of rotatable bonds is 6. The Bertz CT molecular complexity index is 1320. The standard InChI is InChI=1S/C23H22N8O/c1-3-30(4-2)23-29-19(20-21(25)27-11-12-31(20)23)16-5-7-17(8-6-16)22(32)28-18-13-15(14-24)9-10-26-18/h5-13H,3-4H2,1-2H3,(H2,25,27)(H,26,28,32). The molecule has 0 aliphatic rings. The predicted molar refractivity (Wildman–Crippen MR) is 123 cm³/mol. The van der Waals surface area contributed by atoms with Gasteiger partial charge < -0.3 is 16.0 Å². The molecule has 4 rings (SSSR count). The minimum atomic E-state index is -0.321. The van der Waals surface area contributed by atoms with Gasteiger partial charge in [0.2, 0.25) is 5.95 Å². The first-order valence-electron chi connectivity index (χ1n) is 10.2. The number of hydrogen-bond donors (Lipinski definition) is 2. The second-order valence-corrected chi connectivity index (χ2v) is 7.04. The number of hydrogen-bond acceptors (Lipinski definition) is 7. The van der Waals surface area contributed by atoms with E-state index in [2.05, 4.69) is 34.0 Å². The highest BCUT2D eigenvalue weighted by molar-refractivity contribution is 6.04. The van der Waals surface area contributed by atoms with Crippen LogP contribution >= 0.6 is 0 Å². The van der Waals surface area contributed by atoms with Crippen molar-refractivity contribution in [2.75, 3.05) is 29.0 Å². The van der Waals surface area contributed by atoms with Crippen molar-refractivity contribution < 1.29 is 4.79 Å². The summed E-state index contributed by atoms with van der Waals surface area (Å²) >= 11 is 0. The number of aromatic nitrogens is 4. The molecule has 9 heteroatoms. The lowest BCUT2D eigenvalue weighted by molar-refractivity contribution is 0.102. The highest BCUT2D eigenvalue weighted by atomic mass is 16.1. The molecule has 0 aliphatic heterocycles. The topological polar surface area (TPSA) is 125 Å². The molecule has 1 aromatic carbocycles. The van der Waals surface area contributed by atoms with Crippen LogP contribution in [0.5, 0.6) is 0 Å². The molecule has 3 heterocycles. The highest BCUT2D eigenvalue weighted by Gasteiger charge is 2.19. The number of nitrogens with two attached hydrogens (primary N) is 1. The summed E-state index contributed by atoms with van der Waals surface area (Å²) in [4.78, 5) is 27.9. The first-order chi connectivity index (χ1) is 15.5. The van der Waals surface area contributed by atoms with Gasteiger partial charge in [-0.05, 0) is 38.1 Å². The van der Waals surface area contributed by atoms with E-state index in [0.717, 1.165) is 30.1 Å². The van der Waals surface area contributed by atoms with Crippen LogP contribution in [-0.4, -0.2) is 38.3 Å². The number of imidazole rings is 1. The van der Waals surface area contributed by atoms with Crippen LogP contribution in [0.4, 0.5) is 17.6 Å². The number of nitrogen functional groups attached to an aromatic ring is 1. The lowest BCUT2D eigenvalue weighted by Gasteiger charge is -2.18. The van der Waals surface area contributed by atoms with Crippen LogP contribution in [-0.2, 0) is 0 Å². The Morgan fingerprint density at radius 3 is 2.59 bits per heavy atom. The van der Waals surface area contributed by atoms with E-state index in [1.165, 1.54) is 12.3 Å². The number of benzene rings is 1. The number of carbonyl (C=O) groups is 1. The summed E-state index contributed by atoms with van der Waals surface area (Å²) < 4.78 is 1.94. The molecule has 1 amide bonds. The predicted octanol–water partition coefficient (Wildman–Crippen LogP) is 3.34. The van der Waals surface area contributed by atoms with Gasteiger partial charge in [0.15, 0.2) is 0 Å². The second-order valence-electron chi connectivity index (χ2n) is 7.04. The number of anilines is 3. The third kappa shape index (κ3) is 3.81. The van der Waals surface area contributed by atoms with E-state index >= 15 is 0 Å². The highest BCUT2D eigenvalue weighted by Crippen LogP contribution is 2.31. The third-order valence-electron chi connectivity index (χ3n) is 5.16. The van der Waals surface area contributed by atoms with Gasteiger partial charge in [0.05, 0.1) is 11.6 Å². The number of nitrogens with zero attached hydrogens (tertiary/aromatic N) is 6. The third-order valence-corrected chi connectivity index (χ3v) is 5.16. The van der Waals surface area contributed by atoms with E-state index in [1.807, 2.05) is 28.8 Å². The van der Waals surface area contributed by atoms with Gasteiger partial charge in [-0.25, -0.2) is 15.0 Å². The molecule has 0 bridgehead atoms. The van der Waals surface area contributed by atoms with Crippen molar-refractivity contribution in [2.45, 2.75) is 13.8 Å². The van der Waals surface area contributed by atoms with E-state index < -0.39 is 0 Å². The summed E-state index contributed by atoms with van der Waals surface area (Å²) in [6, 6.07) is 12.2. The van der Waals surface area contributed by atoms with E-state index in [0.29, 0.717) is 28.5 Å². The molecule has 32 heavy (non-hydrogen) atoms. The molecule has 3 N–H and O–H groups in total. The number of nitriles is 1. The number of nitrogens with one attached hydrogen (secondary N) is 1. The first kappa shape index (κ1) is 20.8. The molecule has 0 atom stereocenters. The summed E-state index contributed by atoms with van der Waals surface area (Å²) in [7, 11) is 0. The number of amides is 1. The molecule has 0 aliphatic carbocycles. The van der Waals surface area contributed by atoms with E-state index in [1.54, 1.807) is 24.4 Å². The van der Waals surface area contributed by atoms with Crippen molar-refractivity contribution >= 4 is 29.0 Å². The lowest BCUT2D eigenvalue weighted by Crippen LogP contribution is -2.24. The average Bonchev–Trinajstić information content (AvgIpc) is 3.21. The first-order valence-corrected chi connectivity index (χ1v) is 10.2. The summed E-state index contributed by atoms with van der Waals surface area (Å²) in [6.45, 7) is 5.75. The van der Waals surface area contributed by atoms with E-state index in [-0.39, 0.29) is 5.91 Å². The molecule has 160 valence electrons. The molecule has 0 spiro atoms. The van der Waals surface area contributed by atoms with Gasteiger partial charge in [0.25, 0.3) is 5.91 Å². The Morgan fingerprint density at radius 1 is 1.16 bits per heavy atom. The van der Waals surface area contributed by atoms with Crippen molar-refractivity contribution in [1.82, 2.24) is 19.4 Å². The molecule has 0 radical (unpaired) electrons. The average molecular weight is 426 g/mol. The van der Waals surface area contributed by atoms with Gasteiger partial charge in [-0.15, -0.1) is 0 Å². The summed E-state index contributed by atoms with van der Waals surface area (Å²) in [6.07, 6.45) is 4.98. The van der Waals surface area contributed by atoms with Crippen molar-refractivity contribution in [3.8, 4) is 17.3 Å². The quantitative estimate of drug-likeness (QED) is 0.484. The van der Waals surface area contributed by atoms with Crippen molar-refractivity contribution in [3.05, 3.63) is 66.1 Å². The zero-order chi connectivity index (χ0) is 22.7. The fraction of sp³-hybridized carbons (Fsp3) is 0.174. The van der Waals surface area contributed by atoms with Crippen LogP contribution < -0.4 is 16.0 Å². The minimum Gasteiger partial charge on any atom is -0.382 e. The van der Waals surface area contributed by atoms with Gasteiger partial charge in [-0.1, -0.05) is 12.1 Å². The van der Waals surface area contributed by atoms with Crippen LogP contribution in [0.25, 0.3) is 16.8 Å². The van der Waals surface area contributed by atoms with Gasteiger partial charge in [-0.3, -0.25) is 9.20 Å². The zero-order valence-electron chi connectivity index (χ0n) is 17.8. The normalized spacial score (nSPS) is 10.7. The summed E-state index contributed by atoms with van der Waals surface area (Å²) in [5.41, 5.74) is 9.32. The Labute approximate surface area is 185 Å². The number of carbonyl (C=O) groups excluding carboxylic acids is 1. The molecule has 9 nitrogen and oxygen atoms in total. The van der Waals surface area contributed by atoms with E-state index in [4.69, 9.17) is 16.0 Å². The van der Waals surface area contributed by atoms with Gasteiger partial charge in [0, 0.05) is 42.8 Å². The summed E-state index contributed by atoms with van der Waals surface area (Å²) in [5, 5.41) is 11.7. The number of fused-ring (bicyclic) bond motifs is 1. The van der Waals surface area contributed by atoms with Crippen LogP contribution in [0.3, 0.4) is 0 Å².